The van der Waals surface area contributed by atoms with Crippen molar-refractivity contribution >= 4 is 27.8 Å². The van der Waals surface area contributed by atoms with Crippen molar-refractivity contribution in [1.82, 2.24) is 25.4 Å². The fourth-order valence-electron chi connectivity index (χ4n) is 3.80. The number of benzene rings is 2. The van der Waals surface area contributed by atoms with Gasteiger partial charge in [0.05, 0.1) is 29.2 Å². The molecule has 158 valence electrons. The number of carbonyl (C=O) groups excluding carboxylic acids is 1. The maximum atomic E-state index is 12.4. The average Bonchev–Trinajstić information content (AvgIpc) is 3.21. The van der Waals surface area contributed by atoms with E-state index in [-0.39, 0.29) is 17.0 Å². The lowest BCUT2D eigenvalue weighted by Crippen LogP contribution is -2.20. The number of H-pyrrole nitrogens is 2. The van der Waals surface area contributed by atoms with Crippen LogP contribution < -0.4 is 15.9 Å². The normalized spacial score (nSPS) is 11.1. The highest BCUT2D eigenvalue weighted by Gasteiger charge is 2.22. The molecule has 0 spiro atoms. The topological polar surface area (TPSA) is 133 Å². The molecule has 0 bridgehead atoms. The molecule has 0 unspecified atom stereocenters. The minimum Gasteiger partial charge on any atom is -0.494 e. The highest BCUT2D eigenvalue weighted by atomic mass is 16.5. The quantitative estimate of drug-likeness (QED) is 0.257. The zero-order chi connectivity index (χ0) is 22.2. The van der Waals surface area contributed by atoms with Crippen LogP contribution in [-0.4, -0.2) is 38.2 Å². The number of hydrogen-bond acceptors (Lipinski definition) is 6. The standard InChI is InChI=1S/C23H17N5O4/c1-32-21-19(22(29)28-31)15-11-24-9-8-16(15)25-20(21)13-4-2-12(3-5-13)14-6-7-17-18(10-14)27-23(30)26-17/h2-11,31H,1H3,(H,28,29)(H2,26,27,30). The van der Waals surface area contributed by atoms with Crippen LogP contribution in [0, 0.1) is 0 Å². The van der Waals surface area contributed by atoms with E-state index < -0.39 is 5.91 Å². The molecule has 3 heterocycles. The van der Waals surface area contributed by atoms with Crippen molar-refractivity contribution < 1.29 is 14.7 Å². The van der Waals surface area contributed by atoms with E-state index in [0.29, 0.717) is 16.6 Å². The zero-order valence-corrected chi connectivity index (χ0v) is 16.8. The van der Waals surface area contributed by atoms with Gasteiger partial charge in [-0.2, -0.15) is 0 Å². The van der Waals surface area contributed by atoms with E-state index in [4.69, 9.17) is 4.74 Å². The number of methoxy groups -OCH3 is 1. The molecule has 3 aromatic heterocycles. The first-order valence-corrected chi connectivity index (χ1v) is 9.68. The summed E-state index contributed by atoms with van der Waals surface area (Å²) in [5.41, 5.74) is 6.64. The lowest BCUT2D eigenvalue weighted by molar-refractivity contribution is 0.0705. The molecule has 0 atom stereocenters. The van der Waals surface area contributed by atoms with Gasteiger partial charge in [0.25, 0.3) is 5.91 Å². The molecule has 0 fully saturated rings. The summed E-state index contributed by atoms with van der Waals surface area (Å²) in [5.74, 6) is -0.481. The lowest BCUT2D eigenvalue weighted by Gasteiger charge is -2.15. The second-order valence-electron chi connectivity index (χ2n) is 7.12. The van der Waals surface area contributed by atoms with Crippen LogP contribution in [0.4, 0.5) is 0 Å². The Morgan fingerprint density at radius 2 is 1.72 bits per heavy atom. The molecule has 5 aromatic rings. The number of hydroxylamine groups is 1. The van der Waals surface area contributed by atoms with Crippen LogP contribution in [0.25, 0.3) is 44.3 Å². The molecule has 0 saturated heterocycles. The van der Waals surface area contributed by atoms with Crippen LogP contribution in [0.5, 0.6) is 5.75 Å². The number of aromatic amines is 2. The first-order chi connectivity index (χ1) is 15.6. The zero-order valence-electron chi connectivity index (χ0n) is 16.8. The molecule has 1 amide bonds. The third kappa shape index (κ3) is 3.17. The molecule has 5 rings (SSSR count). The van der Waals surface area contributed by atoms with E-state index in [1.165, 1.54) is 13.3 Å². The molecular formula is C23H17N5O4. The Morgan fingerprint density at radius 1 is 1.00 bits per heavy atom. The number of nitrogens with zero attached hydrogens (tertiary/aromatic N) is 2. The van der Waals surface area contributed by atoms with Crippen molar-refractivity contribution in [2.75, 3.05) is 7.11 Å². The van der Waals surface area contributed by atoms with E-state index in [0.717, 1.165) is 27.7 Å². The van der Waals surface area contributed by atoms with Crippen molar-refractivity contribution in [2.45, 2.75) is 0 Å². The van der Waals surface area contributed by atoms with Crippen molar-refractivity contribution in [3.8, 4) is 28.1 Å². The van der Waals surface area contributed by atoms with Gasteiger partial charge in [-0.15, -0.1) is 0 Å². The Kier molecular flexibility index (Phi) is 4.65. The van der Waals surface area contributed by atoms with Gasteiger partial charge in [-0.3, -0.25) is 15.0 Å². The van der Waals surface area contributed by atoms with Gasteiger partial charge in [0.2, 0.25) is 0 Å². The smallest absolute Gasteiger partial charge is 0.323 e. The van der Waals surface area contributed by atoms with Gasteiger partial charge in [0.1, 0.15) is 5.69 Å². The van der Waals surface area contributed by atoms with Gasteiger partial charge in [-0.1, -0.05) is 30.3 Å². The molecule has 0 radical (unpaired) electrons. The lowest BCUT2D eigenvalue weighted by atomic mass is 9.99. The van der Waals surface area contributed by atoms with Gasteiger partial charge in [-0.25, -0.2) is 15.3 Å². The maximum absolute atomic E-state index is 12.4. The summed E-state index contributed by atoms with van der Waals surface area (Å²) in [6.07, 6.45) is 3.08. The van der Waals surface area contributed by atoms with Crippen LogP contribution in [0.15, 0.2) is 65.7 Å². The number of nitrogens with one attached hydrogen (secondary N) is 3. The van der Waals surface area contributed by atoms with E-state index in [2.05, 4.69) is 19.9 Å². The number of amides is 1. The van der Waals surface area contributed by atoms with E-state index >= 15 is 0 Å². The van der Waals surface area contributed by atoms with Crippen LogP contribution >= 0.6 is 0 Å². The van der Waals surface area contributed by atoms with Gasteiger partial charge in [0, 0.05) is 23.3 Å². The Balaban J connectivity index is 1.63. The first-order valence-electron chi connectivity index (χ1n) is 9.68. The molecule has 2 aromatic carbocycles. The average molecular weight is 427 g/mol. The summed E-state index contributed by atoms with van der Waals surface area (Å²) in [6.45, 7) is 0. The molecular weight excluding hydrogens is 410 g/mol. The maximum Gasteiger partial charge on any atom is 0.323 e. The van der Waals surface area contributed by atoms with Crippen molar-refractivity contribution in [1.29, 1.82) is 0 Å². The molecule has 9 nitrogen and oxygen atoms in total. The summed E-state index contributed by atoms with van der Waals surface area (Å²) in [5, 5.41) is 9.71. The summed E-state index contributed by atoms with van der Waals surface area (Å²) in [6, 6.07) is 14.9. The molecule has 0 saturated carbocycles. The van der Waals surface area contributed by atoms with Crippen LogP contribution in [-0.2, 0) is 0 Å². The number of aromatic nitrogens is 4. The Bertz CT molecular complexity index is 1540. The van der Waals surface area contributed by atoms with Crippen molar-refractivity contribution in [2.24, 2.45) is 0 Å². The van der Waals surface area contributed by atoms with Gasteiger partial charge in [0.15, 0.2) is 5.75 Å². The second kappa shape index (κ2) is 7.64. The van der Waals surface area contributed by atoms with Gasteiger partial charge >= 0.3 is 5.69 Å². The summed E-state index contributed by atoms with van der Waals surface area (Å²) >= 11 is 0. The summed E-state index contributed by atoms with van der Waals surface area (Å²) in [7, 11) is 1.44. The van der Waals surface area contributed by atoms with Crippen LogP contribution in [0.1, 0.15) is 10.4 Å². The van der Waals surface area contributed by atoms with Gasteiger partial charge in [-0.05, 0) is 29.3 Å². The highest BCUT2D eigenvalue weighted by molar-refractivity contribution is 6.09. The third-order valence-electron chi connectivity index (χ3n) is 5.28. The van der Waals surface area contributed by atoms with Crippen LogP contribution in [0.3, 0.4) is 0 Å². The number of rotatable bonds is 4. The first kappa shape index (κ1) is 19.5. The number of pyridine rings is 2. The molecule has 0 aliphatic heterocycles. The van der Waals surface area contributed by atoms with Crippen LogP contribution in [0.2, 0.25) is 0 Å². The fraction of sp³-hybridized carbons (Fsp3) is 0.0435. The van der Waals surface area contributed by atoms with Gasteiger partial charge < -0.3 is 14.7 Å². The number of hydrogen-bond donors (Lipinski definition) is 4. The Labute approximate surface area is 180 Å². The second-order valence-corrected chi connectivity index (χ2v) is 7.12. The molecule has 9 heteroatoms. The molecule has 0 aliphatic carbocycles. The largest absolute Gasteiger partial charge is 0.494 e. The number of carbonyl (C=O) groups is 1. The predicted molar refractivity (Wildman–Crippen MR) is 119 cm³/mol. The van der Waals surface area contributed by atoms with Crippen molar-refractivity contribution in [3.63, 3.8) is 0 Å². The predicted octanol–water partition coefficient (Wildman–Crippen LogP) is 3.26. The van der Waals surface area contributed by atoms with E-state index in [1.54, 1.807) is 17.7 Å². The van der Waals surface area contributed by atoms with E-state index in [9.17, 15) is 14.8 Å². The minimum atomic E-state index is -0.714. The number of fused-ring (bicyclic) bond motifs is 2. The number of ether oxygens (including phenoxy) is 1. The fourth-order valence-corrected chi connectivity index (χ4v) is 3.80. The Morgan fingerprint density at radius 3 is 2.47 bits per heavy atom. The summed E-state index contributed by atoms with van der Waals surface area (Å²) in [4.78, 5) is 38.1. The SMILES string of the molecule is COc1c(-c2ccc(-c3ccc4[nH]c(=O)[nH]c4c3)cc2)nc2ccncc2c1C(=O)NO. The summed E-state index contributed by atoms with van der Waals surface area (Å²) < 4.78 is 5.53. The monoisotopic (exact) mass is 427 g/mol. The number of imidazole rings is 1. The Hall–Kier alpha value is -4.50. The molecule has 4 N–H and O–H groups in total. The molecule has 32 heavy (non-hydrogen) atoms. The highest BCUT2D eigenvalue weighted by Crippen LogP contribution is 2.36. The minimum absolute atomic E-state index is 0.147. The third-order valence-corrected chi connectivity index (χ3v) is 5.28. The van der Waals surface area contributed by atoms with E-state index in [1.807, 2.05) is 42.5 Å². The molecule has 0 aliphatic rings. The van der Waals surface area contributed by atoms with Crippen molar-refractivity contribution in [3.05, 3.63) is 77.0 Å².